The summed E-state index contributed by atoms with van der Waals surface area (Å²) in [5.41, 5.74) is 1.24. The Morgan fingerprint density at radius 1 is 1.25 bits per heavy atom. The number of anilines is 1. The number of thioether (sulfide) groups is 1. The molecule has 2 aromatic heterocycles. The van der Waals surface area contributed by atoms with Crippen LogP contribution in [0.25, 0.3) is 11.4 Å². The second-order valence-corrected chi connectivity index (χ2v) is 9.25. The summed E-state index contributed by atoms with van der Waals surface area (Å²) in [6.07, 6.45) is 1.62. The molecule has 0 radical (unpaired) electrons. The highest BCUT2D eigenvalue weighted by atomic mass is 32.2. The fraction of sp³-hybridized carbons (Fsp3) is 0.318. The molecule has 4 rings (SSSR count). The number of halogens is 3. The fourth-order valence-corrected chi connectivity index (χ4v) is 5.60. The number of nitrogens with zero attached hydrogens (tertiary/aromatic N) is 3. The van der Waals surface area contributed by atoms with Crippen molar-refractivity contribution in [3.05, 3.63) is 58.3 Å². The monoisotopic (exact) mass is 478 g/mol. The standard InChI is InChI=1S/C22H21F3N4OS2/c1-2-11-29-20(15-12-31-18-10-6-3-7-14(15)18)27-28-21(29)32-13-19(30)26-17-9-5-4-8-16(17)22(23,24)25/h2,4-5,8-9,12H,1,3,6-7,10-11,13H2,(H,26,30). The lowest BCUT2D eigenvalue weighted by atomic mass is 9.95. The van der Waals surface area contributed by atoms with Crippen LogP contribution in [0.1, 0.15) is 28.8 Å². The van der Waals surface area contributed by atoms with E-state index < -0.39 is 17.6 Å². The van der Waals surface area contributed by atoms with Gasteiger partial charge in [0.05, 0.1) is 17.0 Å². The quantitative estimate of drug-likeness (QED) is 0.343. The van der Waals surface area contributed by atoms with Crippen molar-refractivity contribution in [2.24, 2.45) is 0 Å². The van der Waals surface area contributed by atoms with Crippen LogP contribution in [0.2, 0.25) is 0 Å². The Hall–Kier alpha value is -2.59. The Morgan fingerprint density at radius 2 is 2.03 bits per heavy atom. The normalized spacial score (nSPS) is 13.6. The summed E-state index contributed by atoms with van der Waals surface area (Å²) in [4.78, 5) is 13.8. The molecule has 0 unspecified atom stereocenters. The maximum atomic E-state index is 13.2. The maximum Gasteiger partial charge on any atom is 0.418 e. The summed E-state index contributed by atoms with van der Waals surface area (Å²) in [7, 11) is 0. The second kappa shape index (κ2) is 9.50. The van der Waals surface area contributed by atoms with Gasteiger partial charge in [0.25, 0.3) is 0 Å². The van der Waals surface area contributed by atoms with E-state index in [1.165, 1.54) is 35.1 Å². The third-order valence-corrected chi connectivity index (χ3v) is 7.23. The lowest BCUT2D eigenvalue weighted by Crippen LogP contribution is -2.18. The molecule has 1 aromatic carbocycles. The first-order chi connectivity index (χ1) is 15.4. The minimum atomic E-state index is -4.55. The topological polar surface area (TPSA) is 59.8 Å². The number of para-hydroxylation sites is 1. The molecule has 3 aromatic rings. The highest BCUT2D eigenvalue weighted by Gasteiger charge is 2.33. The van der Waals surface area contributed by atoms with Gasteiger partial charge in [0.2, 0.25) is 5.91 Å². The third-order valence-electron chi connectivity index (χ3n) is 5.17. The van der Waals surface area contributed by atoms with Gasteiger partial charge in [-0.2, -0.15) is 13.2 Å². The lowest BCUT2D eigenvalue weighted by Gasteiger charge is -2.14. The minimum absolute atomic E-state index is 0.0940. The molecule has 1 aliphatic rings. The average molecular weight is 479 g/mol. The predicted molar refractivity (Wildman–Crippen MR) is 121 cm³/mol. The van der Waals surface area contributed by atoms with Crippen LogP contribution < -0.4 is 5.32 Å². The van der Waals surface area contributed by atoms with Gasteiger partial charge in [-0.25, -0.2) is 0 Å². The van der Waals surface area contributed by atoms with Gasteiger partial charge in [0, 0.05) is 22.4 Å². The third kappa shape index (κ3) is 4.75. The number of hydrogen-bond donors (Lipinski definition) is 1. The average Bonchev–Trinajstić information content (AvgIpc) is 3.36. The Bertz CT molecular complexity index is 1140. The Kier molecular flexibility index (Phi) is 6.71. The number of nitrogens with one attached hydrogen (secondary N) is 1. The van der Waals surface area contributed by atoms with Crippen molar-refractivity contribution >= 4 is 34.7 Å². The largest absolute Gasteiger partial charge is 0.418 e. The summed E-state index contributed by atoms with van der Waals surface area (Å²) < 4.78 is 41.4. The van der Waals surface area contributed by atoms with E-state index in [1.807, 2.05) is 4.57 Å². The molecule has 10 heteroatoms. The van der Waals surface area contributed by atoms with Crippen molar-refractivity contribution in [3.8, 4) is 11.4 Å². The number of benzene rings is 1. The van der Waals surface area contributed by atoms with Crippen LogP contribution in [-0.4, -0.2) is 26.4 Å². The van der Waals surface area contributed by atoms with Crippen molar-refractivity contribution in [3.63, 3.8) is 0 Å². The number of amides is 1. The molecule has 1 N–H and O–H groups in total. The highest BCUT2D eigenvalue weighted by molar-refractivity contribution is 7.99. The number of carbonyl (C=O) groups is 1. The van der Waals surface area contributed by atoms with Crippen LogP contribution in [-0.2, 0) is 30.4 Å². The number of fused-ring (bicyclic) bond motifs is 1. The first-order valence-corrected chi connectivity index (χ1v) is 12.0. The van der Waals surface area contributed by atoms with Gasteiger partial charge in [-0.3, -0.25) is 9.36 Å². The van der Waals surface area contributed by atoms with Gasteiger partial charge in [0.1, 0.15) is 0 Å². The summed E-state index contributed by atoms with van der Waals surface area (Å²) in [5.74, 6) is 0.0902. The molecule has 2 heterocycles. The zero-order valence-corrected chi connectivity index (χ0v) is 18.7. The smallest absolute Gasteiger partial charge is 0.325 e. The molecule has 32 heavy (non-hydrogen) atoms. The van der Waals surface area contributed by atoms with Gasteiger partial charge in [-0.1, -0.05) is 30.0 Å². The van der Waals surface area contributed by atoms with E-state index in [0.717, 1.165) is 48.5 Å². The van der Waals surface area contributed by atoms with Crippen molar-refractivity contribution in [2.45, 2.75) is 43.6 Å². The molecular formula is C22H21F3N4OS2. The van der Waals surface area contributed by atoms with E-state index in [2.05, 4.69) is 27.5 Å². The van der Waals surface area contributed by atoms with Gasteiger partial charge >= 0.3 is 6.18 Å². The Labute approximate surface area is 191 Å². The number of rotatable bonds is 7. The van der Waals surface area contributed by atoms with E-state index in [1.54, 1.807) is 17.4 Å². The van der Waals surface area contributed by atoms with Gasteiger partial charge in [0.15, 0.2) is 11.0 Å². The van der Waals surface area contributed by atoms with E-state index in [4.69, 9.17) is 0 Å². The Balaban J connectivity index is 1.50. The first kappa shape index (κ1) is 22.6. The number of carbonyl (C=O) groups excluding carboxylic acids is 1. The molecule has 0 spiro atoms. The van der Waals surface area contributed by atoms with Crippen LogP contribution in [0.3, 0.4) is 0 Å². The first-order valence-electron chi connectivity index (χ1n) is 10.1. The lowest BCUT2D eigenvalue weighted by molar-refractivity contribution is -0.137. The maximum absolute atomic E-state index is 13.2. The van der Waals surface area contributed by atoms with Crippen LogP contribution >= 0.6 is 23.1 Å². The molecule has 0 fully saturated rings. The molecule has 0 saturated carbocycles. The summed E-state index contributed by atoms with van der Waals surface area (Å²) >= 11 is 2.87. The number of aryl methyl sites for hydroxylation is 1. The molecule has 0 bridgehead atoms. The molecule has 1 amide bonds. The molecule has 0 aliphatic heterocycles. The van der Waals surface area contributed by atoms with E-state index in [-0.39, 0.29) is 11.4 Å². The van der Waals surface area contributed by atoms with Crippen LogP contribution in [0.5, 0.6) is 0 Å². The minimum Gasteiger partial charge on any atom is -0.325 e. The molecule has 1 aliphatic carbocycles. The second-order valence-electron chi connectivity index (χ2n) is 7.34. The predicted octanol–water partition coefficient (Wildman–Crippen LogP) is 5.82. The zero-order valence-electron chi connectivity index (χ0n) is 17.1. The molecular weight excluding hydrogens is 457 g/mol. The van der Waals surface area contributed by atoms with Crippen LogP contribution in [0, 0.1) is 0 Å². The summed E-state index contributed by atoms with van der Waals surface area (Å²) in [5, 5.41) is 13.6. The van der Waals surface area contributed by atoms with Crippen molar-refractivity contribution in [1.82, 2.24) is 14.8 Å². The number of aromatic nitrogens is 3. The van der Waals surface area contributed by atoms with E-state index in [0.29, 0.717) is 11.7 Å². The van der Waals surface area contributed by atoms with Gasteiger partial charge < -0.3 is 5.32 Å². The molecule has 0 atom stereocenters. The van der Waals surface area contributed by atoms with Crippen molar-refractivity contribution in [2.75, 3.05) is 11.1 Å². The summed E-state index contributed by atoms with van der Waals surface area (Å²) in [6.45, 7) is 4.27. The van der Waals surface area contributed by atoms with E-state index in [9.17, 15) is 18.0 Å². The number of allylic oxidation sites excluding steroid dienone is 1. The van der Waals surface area contributed by atoms with Gasteiger partial charge in [-0.15, -0.1) is 28.1 Å². The number of thiophene rings is 1. The number of hydrogen-bond acceptors (Lipinski definition) is 5. The fourth-order valence-electron chi connectivity index (χ4n) is 3.73. The zero-order chi connectivity index (χ0) is 22.7. The van der Waals surface area contributed by atoms with Crippen LogP contribution in [0.15, 0.2) is 47.5 Å². The Morgan fingerprint density at radius 3 is 2.81 bits per heavy atom. The van der Waals surface area contributed by atoms with E-state index >= 15 is 0 Å². The highest BCUT2D eigenvalue weighted by Crippen LogP contribution is 2.37. The molecule has 168 valence electrons. The molecule has 5 nitrogen and oxygen atoms in total. The summed E-state index contributed by atoms with van der Waals surface area (Å²) in [6, 6.07) is 4.92. The van der Waals surface area contributed by atoms with Crippen LogP contribution in [0.4, 0.5) is 18.9 Å². The van der Waals surface area contributed by atoms with Gasteiger partial charge in [-0.05, 0) is 43.4 Å². The van der Waals surface area contributed by atoms with Crippen molar-refractivity contribution in [1.29, 1.82) is 0 Å². The van der Waals surface area contributed by atoms with Crippen molar-refractivity contribution < 1.29 is 18.0 Å². The molecule has 0 saturated heterocycles. The number of alkyl halides is 3. The SMILES string of the molecule is C=CCn1c(SCC(=O)Nc2ccccc2C(F)(F)F)nnc1-c1csc2c1CCCC2.